The quantitative estimate of drug-likeness (QED) is 0.373. The molecule has 3 fully saturated rings. The molecule has 0 N–H and O–H groups in total. The number of hydrogen-bond donors (Lipinski definition) is 0. The normalized spacial score (nSPS) is 21.9. The number of carbonyl (C=O) groups excluding carboxylic acids is 3. The minimum atomic E-state index is -4.70. The van der Waals surface area contributed by atoms with E-state index in [-0.39, 0.29) is 46.4 Å². The predicted octanol–water partition coefficient (Wildman–Crippen LogP) is 2.09. The van der Waals surface area contributed by atoms with Crippen molar-refractivity contribution >= 4 is 60.5 Å². The second-order valence-electron chi connectivity index (χ2n) is 12.6. The van der Waals surface area contributed by atoms with Gasteiger partial charge in [-0.25, -0.2) is 25.6 Å². The van der Waals surface area contributed by atoms with Gasteiger partial charge in [0.05, 0.1) is 37.2 Å². The first-order valence-electron chi connectivity index (χ1n) is 15.3. The lowest BCUT2D eigenvalue weighted by atomic mass is 9.86. The third-order valence-corrected chi connectivity index (χ3v) is 13.9. The molecule has 1 aromatic heterocycles. The zero-order chi connectivity index (χ0) is 34.8. The van der Waals surface area contributed by atoms with Gasteiger partial charge in [-0.05, 0) is 56.3 Å². The van der Waals surface area contributed by atoms with Gasteiger partial charge in [0, 0.05) is 49.6 Å². The van der Waals surface area contributed by atoms with Crippen molar-refractivity contribution in [1.82, 2.24) is 27.9 Å². The molecule has 3 amide bonds. The highest BCUT2D eigenvalue weighted by atomic mass is 35.5. The largest absolute Gasteiger partial charge is 0.453 e. The van der Waals surface area contributed by atoms with E-state index >= 15 is 0 Å². The fourth-order valence-corrected chi connectivity index (χ4v) is 11.1. The number of likely N-dealkylation sites (tertiary alicyclic amines) is 1. The summed E-state index contributed by atoms with van der Waals surface area (Å²) in [5.74, 6) is -0.559. The number of halogens is 1. The van der Waals surface area contributed by atoms with Crippen LogP contribution in [-0.4, -0.2) is 134 Å². The number of hydrogen-bond acceptors (Lipinski definition) is 9. The Hall–Kier alpha value is -3.70. The molecule has 14 nitrogen and oxygen atoms in total. The number of piperazine rings is 1. The van der Waals surface area contributed by atoms with Crippen molar-refractivity contribution in [2.75, 3.05) is 60.5 Å². The zero-order valence-corrected chi connectivity index (χ0v) is 29.4. The summed E-state index contributed by atoms with van der Waals surface area (Å²) in [4.78, 5) is 45.4. The van der Waals surface area contributed by atoms with Crippen molar-refractivity contribution in [2.24, 2.45) is 0 Å². The lowest BCUT2D eigenvalue weighted by Crippen LogP contribution is -2.71. The number of piperidine rings is 1. The summed E-state index contributed by atoms with van der Waals surface area (Å²) in [6.45, 7) is 1.74. The molecule has 3 saturated heterocycles. The highest BCUT2D eigenvalue weighted by Gasteiger charge is 2.63. The van der Waals surface area contributed by atoms with Crippen LogP contribution in [0.1, 0.15) is 19.8 Å². The Kier molecular flexibility index (Phi) is 8.55. The summed E-state index contributed by atoms with van der Waals surface area (Å²) in [7, 11) is -4.62. The molecule has 1 unspecified atom stereocenters. The molecule has 17 heteroatoms. The molecule has 0 saturated carbocycles. The van der Waals surface area contributed by atoms with Crippen LogP contribution in [0.2, 0.25) is 5.02 Å². The Balaban J connectivity index is 1.48. The molecule has 1 atom stereocenters. The molecule has 48 heavy (non-hydrogen) atoms. The molecule has 0 radical (unpaired) electrons. The van der Waals surface area contributed by atoms with Crippen molar-refractivity contribution in [1.29, 1.82) is 0 Å². The van der Waals surface area contributed by atoms with Crippen LogP contribution in [0, 0.1) is 0 Å². The Morgan fingerprint density at radius 3 is 2.27 bits per heavy atom. The molecular formula is C31H37ClN6O8S2. The Bertz CT molecular complexity index is 2010. The van der Waals surface area contributed by atoms with Crippen LogP contribution in [0.5, 0.6) is 0 Å². The number of nitrogens with zero attached hydrogens (tertiary/aromatic N) is 6. The smallest absolute Gasteiger partial charge is 0.409 e. The van der Waals surface area contributed by atoms with Crippen LogP contribution in [-0.2, 0) is 34.4 Å². The van der Waals surface area contributed by atoms with E-state index in [1.54, 1.807) is 22.9 Å². The number of benzene rings is 2. The number of rotatable bonds is 6. The van der Waals surface area contributed by atoms with Gasteiger partial charge in [0.2, 0.25) is 11.8 Å². The van der Waals surface area contributed by atoms with Gasteiger partial charge in [-0.1, -0.05) is 29.8 Å². The third kappa shape index (κ3) is 5.33. The van der Waals surface area contributed by atoms with E-state index < -0.39 is 54.8 Å². The average Bonchev–Trinajstić information content (AvgIpc) is 3.56. The number of aromatic nitrogens is 1. The Labute approximate surface area is 284 Å². The van der Waals surface area contributed by atoms with E-state index in [1.165, 1.54) is 74.5 Å². The minimum Gasteiger partial charge on any atom is -0.453 e. The van der Waals surface area contributed by atoms with Gasteiger partial charge < -0.3 is 19.4 Å². The first kappa shape index (κ1) is 34.2. The van der Waals surface area contributed by atoms with Crippen LogP contribution in [0.25, 0.3) is 10.9 Å². The summed E-state index contributed by atoms with van der Waals surface area (Å²) >= 11 is 6.23. The molecule has 3 aliphatic heterocycles. The summed E-state index contributed by atoms with van der Waals surface area (Å²) in [5.41, 5.74) is -1.86. The van der Waals surface area contributed by atoms with Crippen LogP contribution in [0.4, 0.5) is 4.79 Å². The van der Waals surface area contributed by atoms with Crippen molar-refractivity contribution < 1.29 is 36.0 Å². The number of likely N-dealkylation sites (N-methyl/N-ethyl adjacent to an activating group) is 2. The van der Waals surface area contributed by atoms with Crippen LogP contribution < -0.4 is 0 Å². The highest BCUT2D eigenvalue weighted by molar-refractivity contribution is 7.92. The van der Waals surface area contributed by atoms with Gasteiger partial charge in [0.15, 0.2) is 5.03 Å². The number of sulfonamides is 1. The third-order valence-electron chi connectivity index (χ3n) is 10.0. The Morgan fingerprint density at radius 2 is 1.65 bits per heavy atom. The van der Waals surface area contributed by atoms with E-state index in [4.69, 9.17) is 16.3 Å². The number of amides is 3. The van der Waals surface area contributed by atoms with Gasteiger partial charge in [-0.2, -0.15) is 4.31 Å². The number of ether oxygens (including phenoxy) is 1. The zero-order valence-electron chi connectivity index (χ0n) is 27.0. The van der Waals surface area contributed by atoms with Gasteiger partial charge in [0.25, 0.3) is 20.0 Å². The van der Waals surface area contributed by atoms with Crippen molar-refractivity contribution in [2.45, 2.75) is 40.9 Å². The minimum absolute atomic E-state index is 0.0566. The maximum absolute atomic E-state index is 14.8. The van der Waals surface area contributed by atoms with E-state index in [1.807, 2.05) is 4.90 Å². The van der Waals surface area contributed by atoms with E-state index in [0.29, 0.717) is 25.9 Å². The topological polar surface area (TPSA) is 150 Å². The first-order valence-corrected chi connectivity index (χ1v) is 18.5. The molecule has 6 rings (SSSR count). The Morgan fingerprint density at radius 1 is 0.979 bits per heavy atom. The summed E-state index contributed by atoms with van der Waals surface area (Å²) in [6, 6.07) is 13.1. The molecule has 3 aliphatic rings. The van der Waals surface area contributed by atoms with Crippen LogP contribution in [0.15, 0.2) is 64.5 Å². The molecule has 4 heterocycles. The molecule has 2 aromatic carbocycles. The average molecular weight is 721 g/mol. The number of carbonyl (C=O) groups is 3. The van der Waals surface area contributed by atoms with Crippen LogP contribution >= 0.6 is 11.6 Å². The number of methoxy groups -OCH3 is 1. The fraction of sp³-hybridized carbons (Fsp3) is 0.452. The monoisotopic (exact) mass is 720 g/mol. The second-order valence-corrected chi connectivity index (χ2v) is 16.7. The molecule has 1 spiro atoms. The van der Waals surface area contributed by atoms with Crippen molar-refractivity contribution in [3.8, 4) is 0 Å². The number of fused-ring (bicyclic) bond motifs is 2. The summed E-state index contributed by atoms with van der Waals surface area (Å²) in [6.07, 6.45) is 0.366. The molecule has 3 aromatic rings. The van der Waals surface area contributed by atoms with E-state index in [9.17, 15) is 31.2 Å². The maximum Gasteiger partial charge on any atom is 0.409 e. The standard InChI is InChI=1S/C31H37ClN6O8S2/c1-22(39)35-14-12-30(13-15-35)19-37-27(40)18-36(21-31(37,34(30)3)20-33(2)29(41)46-4)48(44,45)28-17-23-16-24(32)10-11-26(23)38(28)47(42,43)25-8-6-5-7-9-25/h5-11,16-17H,12-15,18-21H2,1-4H3. The van der Waals surface area contributed by atoms with Crippen molar-refractivity contribution in [3.05, 3.63) is 59.6 Å². The lowest BCUT2D eigenvalue weighted by molar-refractivity contribution is -0.148. The van der Waals surface area contributed by atoms with Gasteiger partial charge in [-0.3, -0.25) is 14.5 Å². The second kappa shape index (κ2) is 12.0. The van der Waals surface area contributed by atoms with Gasteiger partial charge in [0.1, 0.15) is 5.66 Å². The molecule has 0 aliphatic carbocycles. The highest BCUT2D eigenvalue weighted by Crippen LogP contribution is 2.46. The predicted molar refractivity (Wildman–Crippen MR) is 176 cm³/mol. The van der Waals surface area contributed by atoms with Crippen LogP contribution in [0.3, 0.4) is 0 Å². The molecule has 258 valence electrons. The maximum atomic E-state index is 14.8. The summed E-state index contributed by atoms with van der Waals surface area (Å²) < 4.78 is 64.5. The van der Waals surface area contributed by atoms with Gasteiger partial charge >= 0.3 is 6.09 Å². The summed E-state index contributed by atoms with van der Waals surface area (Å²) in [5, 5.41) is 0.00863. The fourth-order valence-electron chi connectivity index (χ4n) is 7.39. The first-order chi connectivity index (χ1) is 22.6. The lowest BCUT2D eigenvalue weighted by Gasteiger charge is -2.52. The van der Waals surface area contributed by atoms with E-state index in [0.717, 1.165) is 8.28 Å². The van der Waals surface area contributed by atoms with E-state index in [2.05, 4.69) is 0 Å². The van der Waals surface area contributed by atoms with Gasteiger partial charge in [-0.15, -0.1) is 0 Å². The SMILES string of the molecule is COC(=O)N(C)CC12CN(S(=O)(=O)c3cc4cc(Cl)ccc4n3S(=O)(=O)c3ccccc3)CC(=O)N1CC1(CCN(C(C)=O)CC1)N2C. The molecule has 0 bridgehead atoms. The van der Waals surface area contributed by atoms with Crippen molar-refractivity contribution in [3.63, 3.8) is 0 Å². The molecular weight excluding hydrogens is 684 g/mol.